The third-order valence-electron chi connectivity index (χ3n) is 3.99. The zero-order chi connectivity index (χ0) is 14.4. The molecule has 2 N–H and O–H groups in total. The van der Waals surface area contributed by atoms with E-state index in [1.165, 1.54) is 45.3 Å². The maximum Gasteiger partial charge on any atom is 0.251 e. The minimum Gasteiger partial charge on any atom is -0.504 e. The molecule has 1 aliphatic rings. The predicted octanol–water partition coefficient (Wildman–Crippen LogP) is 3.10. The predicted molar refractivity (Wildman–Crippen MR) is 78.2 cm³/mol. The quantitative estimate of drug-likeness (QED) is 0.785. The molecule has 2 rings (SSSR count). The number of benzene rings is 1. The smallest absolute Gasteiger partial charge is 0.251 e. The van der Waals surface area contributed by atoms with Gasteiger partial charge in [-0.05, 0) is 37.0 Å². The molecule has 0 radical (unpaired) electrons. The number of phenols is 1. The van der Waals surface area contributed by atoms with Crippen LogP contribution in [0.3, 0.4) is 0 Å². The van der Waals surface area contributed by atoms with Crippen LogP contribution in [0.5, 0.6) is 11.5 Å². The molecular weight excluding hydrogens is 254 g/mol. The van der Waals surface area contributed by atoms with Crippen molar-refractivity contribution >= 4 is 5.91 Å². The average Bonchev–Trinajstić information content (AvgIpc) is 2.96. The number of amides is 1. The van der Waals surface area contributed by atoms with Gasteiger partial charge in [0, 0.05) is 12.1 Å². The number of hydrogen-bond donors (Lipinski definition) is 2. The molecule has 0 heterocycles. The molecule has 0 bridgehead atoms. The lowest BCUT2D eigenvalue weighted by atomic mass is 10.0. The first-order valence-corrected chi connectivity index (χ1v) is 7.36. The molecule has 1 fully saturated rings. The highest BCUT2D eigenvalue weighted by atomic mass is 16.5. The summed E-state index contributed by atoms with van der Waals surface area (Å²) < 4.78 is 4.95. The van der Waals surface area contributed by atoms with Crippen LogP contribution in [0, 0.1) is 5.92 Å². The monoisotopic (exact) mass is 277 g/mol. The number of nitrogens with one attached hydrogen (secondary N) is 1. The number of methoxy groups -OCH3 is 1. The summed E-state index contributed by atoms with van der Waals surface area (Å²) in [5, 5.41) is 12.5. The molecule has 4 heteroatoms. The van der Waals surface area contributed by atoms with Crippen LogP contribution in [-0.4, -0.2) is 24.7 Å². The number of carbonyl (C=O) groups excluding carboxylic acids is 1. The molecule has 4 nitrogen and oxygen atoms in total. The van der Waals surface area contributed by atoms with Crippen molar-refractivity contribution in [2.24, 2.45) is 5.92 Å². The molecular formula is C16H23NO3. The molecule has 1 saturated carbocycles. The molecule has 1 aromatic rings. The Hall–Kier alpha value is -1.71. The summed E-state index contributed by atoms with van der Waals surface area (Å²) in [5.74, 6) is 1.08. The van der Waals surface area contributed by atoms with E-state index in [1.807, 2.05) is 0 Å². The van der Waals surface area contributed by atoms with E-state index < -0.39 is 0 Å². The van der Waals surface area contributed by atoms with Crippen LogP contribution in [0.2, 0.25) is 0 Å². The van der Waals surface area contributed by atoms with E-state index in [0.29, 0.717) is 17.9 Å². The number of aromatic hydroxyl groups is 1. The van der Waals surface area contributed by atoms with Gasteiger partial charge in [0.05, 0.1) is 7.11 Å². The molecule has 0 saturated heterocycles. The highest BCUT2D eigenvalue weighted by Gasteiger charge is 2.14. The second-order valence-corrected chi connectivity index (χ2v) is 5.44. The fourth-order valence-corrected chi connectivity index (χ4v) is 2.82. The molecule has 0 aliphatic heterocycles. The first-order chi connectivity index (χ1) is 9.70. The van der Waals surface area contributed by atoms with Crippen LogP contribution in [-0.2, 0) is 0 Å². The molecule has 1 amide bonds. The van der Waals surface area contributed by atoms with Crippen molar-refractivity contribution in [3.05, 3.63) is 23.8 Å². The van der Waals surface area contributed by atoms with E-state index in [2.05, 4.69) is 5.32 Å². The van der Waals surface area contributed by atoms with Gasteiger partial charge in [-0.15, -0.1) is 0 Å². The van der Waals surface area contributed by atoms with Crippen LogP contribution < -0.4 is 10.1 Å². The van der Waals surface area contributed by atoms with E-state index in [9.17, 15) is 9.90 Å². The molecule has 0 unspecified atom stereocenters. The summed E-state index contributed by atoms with van der Waals surface area (Å²) in [7, 11) is 1.48. The second-order valence-electron chi connectivity index (χ2n) is 5.44. The van der Waals surface area contributed by atoms with Gasteiger partial charge in [-0.3, -0.25) is 4.79 Å². The lowest BCUT2D eigenvalue weighted by Crippen LogP contribution is -2.24. The lowest BCUT2D eigenvalue weighted by Gasteiger charge is -2.10. The van der Waals surface area contributed by atoms with E-state index in [0.717, 1.165) is 12.3 Å². The average molecular weight is 277 g/mol. The molecule has 1 aliphatic carbocycles. The fourth-order valence-electron chi connectivity index (χ4n) is 2.82. The maximum absolute atomic E-state index is 11.9. The third-order valence-corrected chi connectivity index (χ3v) is 3.99. The maximum atomic E-state index is 11.9. The molecule has 0 atom stereocenters. The van der Waals surface area contributed by atoms with Gasteiger partial charge < -0.3 is 15.2 Å². The van der Waals surface area contributed by atoms with Crippen molar-refractivity contribution in [3.8, 4) is 11.5 Å². The largest absolute Gasteiger partial charge is 0.504 e. The summed E-state index contributed by atoms with van der Waals surface area (Å²) in [6.07, 6.45) is 7.65. The lowest BCUT2D eigenvalue weighted by molar-refractivity contribution is 0.0952. The van der Waals surface area contributed by atoms with Crippen LogP contribution in [0.25, 0.3) is 0 Å². The molecule has 110 valence electrons. The van der Waals surface area contributed by atoms with E-state index in [4.69, 9.17) is 4.74 Å². The Kier molecular flexibility index (Phi) is 5.27. The molecule has 1 aromatic carbocycles. The minimum atomic E-state index is -0.144. The Morgan fingerprint density at radius 2 is 2.15 bits per heavy atom. The molecule has 0 spiro atoms. The van der Waals surface area contributed by atoms with E-state index in [-0.39, 0.29) is 11.7 Å². The number of hydrogen-bond acceptors (Lipinski definition) is 3. The zero-order valence-electron chi connectivity index (χ0n) is 12.0. The van der Waals surface area contributed by atoms with Crippen LogP contribution >= 0.6 is 0 Å². The Morgan fingerprint density at radius 1 is 1.40 bits per heavy atom. The van der Waals surface area contributed by atoms with Gasteiger partial charge in [0.1, 0.15) is 0 Å². The third kappa shape index (κ3) is 3.89. The Bertz CT molecular complexity index is 453. The molecule has 0 aromatic heterocycles. The van der Waals surface area contributed by atoms with Gasteiger partial charge in [0.2, 0.25) is 0 Å². The summed E-state index contributed by atoms with van der Waals surface area (Å²) in [5.41, 5.74) is 0.462. The van der Waals surface area contributed by atoms with Gasteiger partial charge >= 0.3 is 0 Å². The summed E-state index contributed by atoms with van der Waals surface area (Å²) >= 11 is 0. The number of rotatable bonds is 6. The van der Waals surface area contributed by atoms with E-state index >= 15 is 0 Å². The summed E-state index contributed by atoms with van der Waals surface area (Å²) in [6.45, 7) is 0.697. The van der Waals surface area contributed by atoms with Crippen LogP contribution in [0.15, 0.2) is 18.2 Å². The van der Waals surface area contributed by atoms with Gasteiger partial charge in [-0.2, -0.15) is 0 Å². The second kappa shape index (κ2) is 7.17. The van der Waals surface area contributed by atoms with Crippen molar-refractivity contribution in [1.82, 2.24) is 5.32 Å². The number of carbonyl (C=O) groups is 1. The summed E-state index contributed by atoms with van der Waals surface area (Å²) in [6, 6.07) is 4.69. The van der Waals surface area contributed by atoms with Gasteiger partial charge in [0.15, 0.2) is 11.5 Å². The van der Waals surface area contributed by atoms with Crippen LogP contribution in [0.1, 0.15) is 48.9 Å². The van der Waals surface area contributed by atoms with Gasteiger partial charge in [0.25, 0.3) is 5.91 Å². The van der Waals surface area contributed by atoms with Crippen molar-refractivity contribution in [1.29, 1.82) is 0 Å². The van der Waals surface area contributed by atoms with Crippen LogP contribution in [0.4, 0.5) is 0 Å². The van der Waals surface area contributed by atoms with Crippen molar-refractivity contribution in [2.75, 3.05) is 13.7 Å². The van der Waals surface area contributed by atoms with E-state index in [1.54, 1.807) is 12.1 Å². The molecule has 20 heavy (non-hydrogen) atoms. The zero-order valence-corrected chi connectivity index (χ0v) is 12.0. The SMILES string of the molecule is COc1ccc(C(=O)NCCCC2CCCC2)cc1O. The fraction of sp³-hybridized carbons (Fsp3) is 0.562. The first kappa shape index (κ1) is 14.7. The normalized spacial score (nSPS) is 15.2. The highest BCUT2D eigenvalue weighted by Crippen LogP contribution is 2.28. The van der Waals surface area contributed by atoms with Crippen molar-refractivity contribution in [2.45, 2.75) is 38.5 Å². The van der Waals surface area contributed by atoms with Gasteiger partial charge in [-0.25, -0.2) is 0 Å². The Balaban J connectivity index is 1.75. The standard InChI is InChI=1S/C16H23NO3/c1-20-15-9-8-13(11-14(15)18)16(19)17-10-4-7-12-5-2-3-6-12/h8-9,11-12,18H,2-7,10H2,1H3,(H,17,19). The number of phenolic OH excluding ortho intramolecular Hbond substituents is 1. The van der Waals surface area contributed by atoms with Crippen molar-refractivity contribution < 1.29 is 14.6 Å². The summed E-state index contributed by atoms with van der Waals surface area (Å²) in [4.78, 5) is 11.9. The van der Waals surface area contributed by atoms with Gasteiger partial charge in [-0.1, -0.05) is 25.7 Å². The topological polar surface area (TPSA) is 58.6 Å². The first-order valence-electron chi connectivity index (χ1n) is 7.36. The minimum absolute atomic E-state index is 0.00824. The Labute approximate surface area is 120 Å². The highest BCUT2D eigenvalue weighted by molar-refractivity contribution is 5.94. The Morgan fingerprint density at radius 3 is 2.80 bits per heavy atom. The number of ether oxygens (including phenoxy) is 1. The van der Waals surface area contributed by atoms with Crippen molar-refractivity contribution in [3.63, 3.8) is 0 Å².